The van der Waals surface area contributed by atoms with Crippen molar-refractivity contribution in [3.8, 4) is 5.75 Å². The van der Waals surface area contributed by atoms with Gasteiger partial charge < -0.3 is 15.4 Å². The molecule has 0 spiro atoms. The number of ether oxygens (including phenoxy) is 1. The van der Waals surface area contributed by atoms with Crippen molar-refractivity contribution in [2.45, 2.75) is 44.7 Å². The number of halogens is 1. The van der Waals surface area contributed by atoms with Crippen molar-refractivity contribution in [1.29, 1.82) is 0 Å². The first-order valence-electron chi connectivity index (χ1n) is 7.31. The van der Waals surface area contributed by atoms with Crippen molar-refractivity contribution in [3.05, 3.63) is 29.8 Å². The highest BCUT2D eigenvalue weighted by Crippen LogP contribution is 2.33. The number of amides is 1. The fourth-order valence-corrected chi connectivity index (χ4v) is 2.73. The average Bonchev–Trinajstić information content (AvgIpc) is 2.94. The summed E-state index contributed by atoms with van der Waals surface area (Å²) in [5, 5.41) is 0. The molecule has 21 heavy (non-hydrogen) atoms. The van der Waals surface area contributed by atoms with Crippen LogP contribution in [0.25, 0.3) is 0 Å². The van der Waals surface area contributed by atoms with Gasteiger partial charge in [0, 0.05) is 19.0 Å². The smallest absolute Gasteiger partial charge is 0.223 e. The molecular formula is C16H25ClN2O2. The Bertz CT molecular complexity index is 448. The normalized spacial score (nSPS) is 19.0. The van der Waals surface area contributed by atoms with Gasteiger partial charge in [-0.05, 0) is 43.9 Å². The van der Waals surface area contributed by atoms with Crippen molar-refractivity contribution in [2.75, 3.05) is 13.7 Å². The van der Waals surface area contributed by atoms with Crippen LogP contribution in [0.15, 0.2) is 24.3 Å². The van der Waals surface area contributed by atoms with E-state index in [0.29, 0.717) is 6.42 Å². The zero-order valence-corrected chi connectivity index (χ0v) is 13.6. The summed E-state index contributed by atoms with van der Waals surface area (Å²) >= 11 is 0. The molecule has 2 unspecified atom stereocenters. The number of methoxy groups -OCH3 is 1. The third-order valence-corrected chi connectivity index (χ3v) is 3.89. The van der Waals surface area contributed by atoms with Gasteiger partial charge in [-0.3, -0.25) is 4.79 Å². The molecule has 2 N–H and O–H groups in total. The predicted octanol–water partition coefficient (Wildman–Crippen LogP) is 2.91. The summed E-state index contributed by atoms with van der Waals surface area (Å²) in [5.41, 5.74) is 6.92. The third kappa shape index (κ3) is 4.61. The molecule has 1 aromatic rings. The Hall–Kier alpha value is -1.26. The molecule has 5 heteroatoms. The van der Waals surface area contributed by atoms with Crippen molar-refractivity contribution in [1.82, 2.24) is 4.90 Å². The van der Waals surface area contributed by atoms with Gasteiger partial charge in [-0.2, -0.15) is 0 Å². The molecule has 0 aromatic heterocycles. The SMILES string of the molecule is COc1ccc(C2CCCN2C(=O)CCC(C)N)cc1.Cl. The van der Waals surface area contributed by atoms with Gasteiger partial charge in [0.15, 0.2) is 0 Å². The molecule has 1 amide bonds. The Labute approximate surface area is 133 Å². The van der Waals surface area contributed by atoms with Gasteiger partial charge in [0.25, 0.3) is 0 Å². The largest absolute Gasteiger partial charge is 0.497 e. The van der Waals surface area contributed by atoms with Gasteiger partial charge in [-0.25, -0.2) is 0 Å². The predicted molar refractivity (Wildman–Crippen MR) is 86.8 cm³/mol. The molecule has 0 aliphatic carbocycles. The summed E-state index contributed by atoms with van der Waals surface area (Å²) in [5.74, 6) is 1.07. The minimum atomic E-state index is 0. The zero-order chi connectivity index (χ0) is 14.5. The number of hydrogen-bond acceptors (Lipinski definition) is 3. The average molecular weight is 313 g/mol. The highest BCUT2D eigenvalue weighted by molar-refractivity contribution is 5.85. The fraction of sp³-hybridized carbons (Fsp3) is 0.562. The number of carbonyl (C=O) groups is 1. The maximum absolute atomic E-state index is 12.3. The van der Waals surface area contributed by atoms with Gasteiger partial charge in [0.1, 0.15) is 5.75 Å². The van der Waals surface area contributed by atoms with Gasteiger partial charge in [-0.1, -0.05) is 12.1 Å². The van der Waals surface area contributed by atoms with Crippen LogP contribution in [-0.2, 0) is 4.79 Å². The lowest BCUT2D eigenvalue weighted by molar-refractivity contribution is -0.132. The first kappa shape index (κ1) is 17.8. The molecule has 0 saturated carbocycles. The van der Waals surface area contributed by atoms with Crippen molar-refractivity contribution < 1.29 is 9.53 Å². The topological polar surface area (TPSA) is 55.6 Å². The summed E-state index contributed by atoms with van der Waals surface area (Å²) in [6, 6.07) is 8.32. The molecule has 1 fully saturated rings. The van der Waals surface area contributed by atoms with E-state index in [9.17, 15) is 4.79 Å². The molecule has 118 valence electrons. The van der Waals surface area contributed by atoms with E-state index in [-0.39, 0.29) is 30.4 Å². The van der Waals surface area contributed by atoms with E-state index in [1.54, 1.807) is 7.11 Å². The Morgan fingerprint density at radius 2 is 2.10 bits per heavy atom. The second-order valence-electron chi connectivity index (χ2n) is 5.53. The highest BCUT2D eigenvalue weighted by atomic mass is 35.5. The van der Waals surface area contributed by atoms with E-state index in [2.05, 4.69) is 12.1 Å². The molecule has 1 aliphatic rings. The van der Waals surface area contributed by atoms with E-state index in [0.717, 1.165) is 31.6 Å². The summed E-state index contributed by atoms with van der Waals surface area (Å²) in [4.78, 5) is 14.3. The second kappa shape index (κ2) is 8.25. The van der Waals surface area contributed by atoms with Gasteiger partial charge >= 0.3 is 0 Å². The van der Waals surface area contributed by atoms with Crippen LogP contribution in [0.4, 0.5) is 0 Å². The van der Waals surface area contributed by atoms with E-state index in [4.69, 9.17) is 10.5 Å². The van der Waals surface area contributed by atoms with Crippen molar-refractivity contribution in [2.24, 2.45) is 5.73 Å². The summed E-state index contributed by atoms with van der Waals surface area (Å²) in [6.45, 7) is 2.80. The van der Waals surface area contributed by atoms with E-state index in [1.807, 2.05) is 24.0 Å². The van der Waals surface area contributed by atoms with Crippen molar-refractivity contribution in [3.63, 3.8) is 0 Å². The molecule has 4 nitrogen and oxygen atoms in total. The van der Waals surface area contributed by atoms with Crippen molar-refractivity contribution >= 4 is 18.3 Å². The second-order valence-corrected chi connectivity index (χ2v) is 5.53. The van der Waals surface area contributed by atoms with E-state index >= 15 is 0 Å². The van der Waals surface area contributed by atoms with E-state index < -0.39 is 0 Å². The Balaban J connectivity index is 0.00000220. The zero-order valence-electron chi connectivity index (χ0n) is 12.7. The van der Waals surface area contributed by atoms with Crippen LogP contribution < -0.4 is 10.5 Å². The molecular weight excluding hydrogens is 288 g/mol. The summed E-state index contributed by atoms with van der Waals surface area (Å²) in [7, 11) is 1.66. The molecule has 0 bridgehead atoms. The van der Waals surface area contributed by atoms with Gasteiger partial charge in [0.2, 0.25) is 5.91 Å². The maximum atomic E-state index is 12.3. The number of likely N-dealkylation sites (tertiary alicyclic amines) is 1. The summed E-state index contributed by atoms with van der Waals surface area (Å²) < 4.78 is 5.18. The Kier molecular flexibility index (Phi) is 6.99. The quantitative estimate of drug-likeness (QED) is 0.909. The Morgan fingerprint density at radius 1 is 1.43 bits per heavy atom. The molecule has 2 rings (SSSR count). The fourth-order valence-electron chi connectivity index (χ4n) is 2.73. The molecule has 1 saturated heterocycles. The molecule has 2 atom stereocenters. The molecule has 1 aromatic carbocycles. The minimum Gasteiger partial charge on any atom is -0.497 e. The van der Waals surface area contributed by atoms with Crippen LogP contribution in [0.2, 0.25) is 0 Å². The van der Waals surface area contributed by atoms with Crippen LogP contribution in [0.1, 0.15) is 44.2 Å². The number of rotatable bonds is 5. The lowest BCUT2D eigenvalue weighted by atomic mass is 10.0. The maximum Gasteiger partial charge on any atom is 0.223 e. The van der Waals surface area contributed by atoms with Gasteiger partial charge in [0.05, 0.1) is 13.2 Å². The standard InChI is InChI=1S/C16H24N2O2.ClH/c1-12(17)5-10-16(19)18-11-3-4-15(18)13-6-8-14(20-2)9-7-13;/h6-9,12,15H,3-5,10-11,17H2,1-2H3;1H. The van der Waals surface area contributed by atoms with Crippen LogP contribution in [-0.4, -0.2) is 30.5 Å². The third-order valence-electron chi connectivity index (χ3n) is 3.89. The minimum absolute atomic E-state index is 0. The molecule has 1 heterocycles. The number of nitrogens with two attached hydrogens (primary N) is 1. The number of carbonyl (C=O) groups excluding carboxylic acids is 1. The number of nitrogens with zero attached hydrogens (tertiary/aromatic N) is 1. The van der Waals surface area contributed by atoms with Crippen LogP contribution in [0, 0.1) is 0 Å². The summed E-state index contributed by atoms with van der Waals surface area (Å²) in [6.07, 6.45) is 3.41. The lowest BCUT2D eigenvalue weighted by Crippen LogP contribution is -2.31. The number of benzene rings is 1. The van der Waals surface area contributed by atoms with Crippen LogP contribution in [0.5, 0.6) is 5.75 Å². The molecule has 0 radical (unpaired) electrons. The Morgan fingerprint density at radius 3 is 2.67 bits per heavy atom. The van der Waals surface area contributed by atoms with Crippen LogP contribution in [0.3, 0.4) is 0 Å². The lowest BCUT2D eigenvalue weighted by Gasteiger charge is -2.25. The van der Waals surface area contributed by atoms with Gasteiger partial charge in [-0.15, -0.1) is 12.4 Å². The van der Waals surface area contributed by atoms with E-state index in [1.165, 1.54) is 5.56 Å². The highest BCUT2D eigenvalue weighted by Gasteiger charge is 2.29. The first-order valence-corrected chi connectivity index (χ1v) is 7.31. The number of hydrogen-bond donors (Lipinski definition) is 1. The van der Waals surface area contributed by atoms with Crippen LogP contribution >= 0.6 is 12.4 Å². The molecule has 1 aliphatic heterocycles. The first-order chi connectivity index (χ1) is 9.61. The monoisotopic (exact) mass is 312 g/mol.